The number of carbonyl (C=O) groups excluding carboxylic acids is 2. The number of pyridine rings is 1. The van der Waals surface area contributed by atoms with Gasteiger partial charge in [0.25, 0.3) is 5.91 Å². The predicted molar refractivity (Wildman–Crippen MR) is 88.9 cm³/mol. The molecule has 1 saturated carbocycles. The third-order valence-corrected chi connectivity index (χ3v) is 4.45. The number of hydrogen-bond donors (Lipinski definition) is 1. The van der Waals surface area contributed by atoms with Crippen molar-refractivity contribution in [2.24, 2.45) is 5.92 Å². The molecular formula is C19H19FN2O2. The van der Waals surface area contributed by atoms with Gasteiger partial charge in [0, 0.05) is 23.7 Å². The minimum atomic E-state index is -0.318. The van der Waals surface area contributed by atoms with Crippen molar-refractivity contribution in [3.63, 3.8) is 0 Å². The fraction of sp³-hybridized carbons (Fsp3) is 0.316. The number of amides is 1. The first-order valence-corrected chi connectivity index (χ1v) is 8.14. The lowest BCUT2D eigenvalue weighted by molar-refractivity contribution is -0.111. The van der Waals surface area contributed by atoms with Gasteiger partial charge in [-0.05, 0) is 49.9 Å². The van der Waals surface area contributed by atoms with Gasteiger partial charge in [-0.1, -0.05) is 12.1 Å². The van der Waals surface area contributed by atoms with E-state index in [0.29, 0.717) is 16.8 Å². The van der Waals surface area contributed by atoms with E-state index < -0.39 is 0 Å². The fourth-order valence-corrected chi connectivity index (χ4v) is 3.02. The fourth-order valence-electron chi connectivity index (χ4n) is 3.02. The average molecular weight is 326 g/mol. The lowest BCUT2D eigenvalue weighted by Crippen LogP contribution is -2.37. The minimum Gasteiger partial charge on any atom is -0.349 e. The summed E-state index contributed by atoms with van der Waals surface area (Å²) >= 11 is 0. The van der Waals surface area contributed by atoms with Crippen LogP contribution in [0.2, 0.25) is 0 Å². The molecule has 1 amide bonds. The molecule has 4 nitrogen and oxygen atoms in total. The maximum absolute atomic E-state index is 13.3. The van der Waals surface area contributed by atoms with E-state index in [2.05, 4.69) is 10.3 Å². The van der Waals surface area contributed by atoms with Crippen molar-refractivity contribution in [1.29, 1.82) is 0 Å². The van der Waals surface area contributed by atoms with Gasteiger partial charge in [0.1, 0.15) is 12.1 Å². The first-order chi connectivity index (χ1) is 11.7. The molecular weight excluding hydrogens is 307 g/mol. The molecule has 24 heavy (non-hydrogen) atoms. The second-order valence-corrected chi connectivity index (χ2v) is 6.16. The van der Waals surface area contributed by atoms with Gasteiger partial charge in [0.05, 0.1) is 11.3 Å². The van der Waals surface area contributed by atoms with Crippen LogP contribution in [0.3, 0.4) is 0 Å². The quantitative estimate of drug-likeness (QED) is 0.876. The highest BCUT2D eigenvalue weighted by Crippen LogP contribution is 2.23. The zero-order valence-electron chi connectivity index (χ0n) is 13.2. The van der Waals surface area contributed by atoms with Crippen LogP contribution in [0.4, 0.5) is 4.39 Å². The highest BCUT2D eigenvalue weighted by molar-refractivity contribution is 5.94. The van der Waals surface area contributed by atoms with Crippen LogP contribution in [0.5, 0.6) is 0 Å². The Labute approximate surface area is 140 Å². The van der Waals surface area contributed by atoms with Crippen LogP contribution in [-0.4, -0.2) is 23.2 Å². The number of hydrogen-bond acceptors (Lipinski definition) is 3. The molecule has 5 heteroatoms. The lowest BCUT2D eigenvalue weighted by atomic mass is 9.87. The van der Waals surface area contributed by atoms with E-state index in [4.69, 9.17) is 0 Å². The van der Waals surface area contributed by atoms with Crippen molar-refractivity contribution in [2.45, 2.75) is 31.7 Å². The Kier molecular flexibility index (Phi) is 4.99. The predicted octanol–water partition coefficient (Wildman–Crippen LogP) is 3.38. The molecule has 1 aliphatic carbocycles. The van der Waals surface area contributed by atoms with Crippen LogP contribution in [0, 0.1) is 11.7 Å². The summed E-state index contributed by atoms with van der Waals surface area (Å²) in [6.45, 7) is 0. The zero-order chi connectivity index (χ0) is 16.9. The Balaban J connectivity index is 1.63. The number of rotatable bonds is 4. The summed E-state index contributed by atoms with van der Waals surface area (Å²) in [5, 5.41) is 2.99. The molecule has 0 unspecified atom stereocenters. The highest BCUT2D eigenvalue weighted by atomic mass is 19.1. The Morgan fingerprint density at radius 1 is 1.17 bits per heavy atom. The average Bonchev–Trinajstić information content (AvgIpc) is 2.62. The normalized spacial score (nSPS) is 20.4. The molecule has 1 aromatic carbocycles. The smallest absolute Gasteiger partial charge is 0.253 e. The summed E-state index contributed by atoms with van der Waals surface area (Å²) < 4.78 is 13.3. The minimum absolute atomic E-state index is 0.108. The Morgan fingerprint density at radius 2 is 1.96 bits per heavy atom. The summed E-state index contributed by atoms with van der Waals surface area (Å²) in [6, 6.07) is 9.71. The monoisotopic (exact) mass is 326 g/mol. The van der Waals surface area contributed by atoms with Gasteiger partial charge >= 0.3 is 0 Å². The van der Waals surface area contributed by atoms with Crippen LogP contribution in [0.15, 0.2) is 42.6 Å². The molecule has 124 valence electrons. The molecule has 0 spiro atoms. The number of nitrogens with one attached hydrogen (secondary N) is 1. The van der Waals surface area contributed by atoms with E-state index in [1.807, 2.05) is 0 Å². The molecule has 2 aromatic rings. The second kappa shape index (κ2) is 7.34. The van der Waals surface area contributed by atoms with Crippen LogP contribution in [-0.2, 0) is 4.79 Å². The number of halogens is 1. The second-order valence-electron chi connectivity index (χ2n) is 6.16. The molecule has 0 aliphatic heterocycles. The lowest BCUT2D eigenvalue weighted by Gasteiger charge is -2.26. The van der Waals surface area contributed by atoms with Gasteiger partial charge in [-0.3, -0.25) is 9.78 Å². The molecule has 0 saturated heterocycles. The number of aldehydes is 1. The van der Waals surface area contributed by atoms with Crippen molar-refractivity contribution in [3.8, 4) is 11.3 Å². The SMILES string of the molecule is O=C[C@H]1CC[C@H](NC(=O)c2ccc(-c3cccc(F)c3)nc2)CC1. The third kappa shape index (κ3) is 3.85. The molecule has 1 fully saturated rings. The zero-order valence-corrected chi connectivity index (χ0v) is 13.2. The van der Waals surface area contributed by atoms with Gasteiger partial charge in [-0.15, -0.1) is 0 Å². The standard InChI is InChI=1S/C19H19FN2O2/c20-16-3-1-2-14(10-16)18-9-6-15(11-21-18)19(24)22-17-7-4-13(12-23)5-8-17/h1-3,6,9-13,17H,4-5,7-8H2,(H,22,24)/t13-,17-. The van der Waals surface area contributed by atoms with Gasteiger partial charge in [-0.25, -0.2) is 4.39 Å². The van der Waals surface area contributed by atoms with Gasteiger partial charge in [0.15, 0.2) is 0 Å². The number of benzene rings is 1. The molecule has 0 atom stereocenters. The first kappa shape index (κ1) is 16.3. The highest BCUT2D eigenvalue weighted by Gasteiger charge is 2.22. The van der Waals surface area contributed by atoms with Crippen LogP contribution < -0.4 is 5.32 Å². The molecule has 3 rings (SSSR count). The summed E-state index contributed by atoms with van der Waals surface area (Å²) in [5.41, 5.74) is 1.78. The van der Waals surface area contributed by atoms with E-state index in [1.54, 1.807) is 24.3 Å². The van der Waals surface area contributed by atoms with Crippen molar-refractivity contribution >= 4 is 12.2 Å². The molecule has 1 aromatic heterocycles. The Bertz CT molecular complexity index is 722. The van der Waals surface area contributed by atoms with Crippen molar-refractivity contribution in [1.82, 2.24) is 10.3 Å². The summed E-state index contributed by atoms with van der Waals surface area (Å²) in [4.78, 5) is 27.3. The van der Waals surface area contributed by atoms with E-state index in [0.717, 1.165) is 32.0 Å². The summed E-state index contributed by atoms with van der Waals surface area (Å²) in [5.74, 6) is -0.352. The first-order valence-electron chi connectivity index (χ1n) is 8.14. The van der Waals surface area contributed by atoms with Gasteiger partial charge in [-0.2, -0.15) is 0 Å². The van der Waals surface area contributed by atoms with Crippen molar-refractivity contribution in [3.05, 3.63) is 54.0 Å². The van der Waals surface area contributed by atoms with Crippen LogP contribution in [0.25, 0.3) is 11.3 Å². The summed E-state index contributed by atoms with van der Waals surface area (Å²) in [6.07, 6.45) is 5.81. The van der Waals surface area contributed by atoms with E-state index in [1.165, 1.54) is 18.3 Å². The number of carbonyl (C=O) groups is 2. The Hall–Kier alpha value is -2.56. The maximum atomic E-state index is 13.3. The Morgan fingerprint density at radius 3 is 2.58 bits per heavy atom. The van der Waals surface area contributed by atoms with Crippen molar-refractivity contribution < 1.29 is 14.0 Å². The van der Waals surface area contributed by atoms with Gasteiger partial charge in [0.2, 0.25) is 0 Å². The van der Waals surface area contributed by atoms with E-state index >= 15 is 0 Å². The maximum Gasteiger partial charge on any atom is 0.253 e. The van der Waals surface area contributed by atoms with E-state index in [9.17, 15) is 14.0 Å². The third-order valence-electron chi connectivity index (χ3n) is 4.45. The largest absolute Gasteiger partial charge is 0.349 e. The van der Waals surface area contributed by atoms with Crippen LogP contribution in [0.1, 0.15) is 36.0 Å². The van der Waals surface area contributed by atoms with E-state index in [-0.39, 0.29) is 23.7 Å². The molecule has 0 bridgehead atoms. The number of nitrogens with zero attached hydrogens (tertiary/aromatic N) is 1. The molecule has 1 heterocycles. The summed E-state index contributed by atoms with van der Waals surface area (Å²) in [7, 11) is 0. The van der Waals surface area contributed by atoms with Crippen LogP contribution >= 0.6 is 0 Å². The van der Waals surface area contributed by atoms with Gasteiger partial charge < -0.3 is 10.1 Å². The molecule has 0 radical (unpaired) electrons. The topological polar surface area (TPSA) is 59.1 Å². The molecule has 1 aliphatic rings. The van der Waals surface area contributed by atoms with Crippen molar-refractivity contribution in [2.75, 3.05) is 0 Å². The number of aromatic nitrogens is 1. The molecule has 1 N–H and O–H groups in total.